The van der Waals surface area contributed by atoms with Crippen LogP contribution in [-0.2, 0) is 11.5 Å². The molecule has 0 aliphatic carbocycles. The van der Waals surface area contributed by atoms with Gasteiger partial charge in [-0.15, -0.1) is 0 Å². The smallest absolute Gasteiger partial charge is 0.417 e. The first-order chi connectivity index (χ1) is 6.91. The van der Waals surface area contributed by atoms with Crippen molar-refractivity contribution in [1.29, 1.82) is 0 Å². The van der Waals surface area contributed by atoms with Crippen LogP contribution in [0.3, 0.4) is 0 Å². The quantitative estimate of drug-likeness (QED) is 0.722. The first-order valence-corrected chi connectivity index (χ1v) is 5.81. The van der Waals surface area contributed by atoms with Gasteiger partial charge in [-0.1, -0.05) is 31.9 Å². The van der Waals surface area contributed by atoms with Crippen LogP contribution >= 0.6 is 31.9 Å². The van der Waals surface area contributed by atoms with E-state index in [2.05, 4.69) is 31.9 Å². The van der Waals surface area contributed by atoms with Gasteiger partial charge in [0.25, 0.3) is 0 Å². The summed E-state index contributed by atoms with van der Waals surface area (Å²) in [5.74, 6) is 0.224. The summed E-state index contributed by atoms with van der Waals surface area (Å²) < 4.78 is 43.0. The number of benzene rings is 1. The molecule has 0 radical (unpaired) electrons. The van der Waals surface area contributed by atoms with Crippen molar-refractivity contribution in [3.63, 3.8) is 0 Å². The van der Waals surface area contributed by atoms with E-state index in [4.69, 9.17) is 4.74 Å². The highest BCUT2D eigenvalue weighted by Gasteiger charge is 2.36. The molecule has 0 spiro atoms. The molecule has 0 bridgehead atoms. The molecule has 84 valence electrons. The summed E-state index contributed by atoms with van der Waals surface area (Å²) >= 11 is 5.92. The van der Waals surface area contributed by atoms with Gasteiger partial charge in [0.2, 0.25) is 0 Å². The van der Waals surface area contributed by atoms with Crippen LogP contribution in [0.2, 0.25) is 0 Å². The summed E-state index contributed by atoms with van der Waals surface area (Å²) in [5, 5.41) is 0.0878. The van der Waals surface area contributed by atoms with Crippen LogP contribution in [0, 0.1) is 0 Å². The largest absolute Gasteiger partial charge is 0.496 e. The van der Waals surface area contributed by atoms with Crippen molar-refractivity contribution >= 4 is 31.9 Å². The molecule has 15 heavy (non-hydrogen) atoms. The van der Waals surface area contributed by atoms with Crippen molar-refractivity contribution in [3.8, 4) is 5.75 Å². The second-order valence-corrected chi connectivity index (χ2v) is 4.15. The van der Waals surface area contributed by atoms with Crippen molar-refractivity contribution in [1.82, 2.24) is 0 Å². The zero-order valence-electron chi connectivity index (χ0n) is 7.66. The standard InChI is InChI=1S/C9H7Br2F3O/c1-15-7-3-2-6(11)8(5(7)4-10)9(12,13)14/h2-3H,4H2,1H3. The Balaban J connectivity index is 3.46. The molecule has 6 heteroatoms. The molecular formula is C9H7Br2F3O. The minimum atomic E-state index is -4.39. The predicted molar refractivity (Wildman–Crippen MR) is 58.3 cm³/mol. The van der Waals surface area contributed by atoms with E-state index in [0.717, 1.165) is 0 Å². The van der Waals surface area contributed by atoms with Crippen LogP contribution in [0.15, 0.2) is 16.6 Å². The predicted octanol–water partition coefficient (Wildman–Crippen LogP) is 4.37. The lowest BCUT2D eigenvalue weighted by Crippen LogP contribution is -2.10. The highest BCUT2D eigenvalue weighted by molar-refractivity contribution is 9.10. The van der Waals surface area contributed by atoms with Crippen molar-refractivity contribution in [3.05, 3.63) is 27.7 Å². The lowest BCUT2D eigenvalue weighted by atomic mass is 10.1. The summed E-state index contributed by atoms with van der Waals surface area (Å²) in [4.78, 5) is 0. The average molecular weight is 348 g/mol. The Hall–Kier alpha value is -0.230. The summed E-state index contributed by atoms with van der Waals surface area (Å²) in [7, 11) is 1.34. The van der Waals surface area contributed by atoms with Crippen LogP contribution in [-0.4, -0.2) is 7.11 Å². The maximum Gasteiger partial charge on any atom is 0.417 e. The first kappa shape index (κ1) is 12.8. The lowest BCUT2D eigenvalue weighted by Gasteiger charge is -2.16. The maximum absolute atomic E-state index is 12.7. The second kappa shape index (κ2) is 4.74. The summed E-state index contributed by atoms with van der Waals surface area (Å²) in [6, 6.07) is 2.82. The second-order valence-electron chi connectivity index (χ2n) is 2.73. The van der Waals surface area contributed by atoms with Gasteiger partial charge in [-0.25, -0.2) is 0 Å². The fraction of sp³-hybridized carbons (Fsp3) is 0.333. The molecule has 0 unspecified atom stereocenters. The van der Waals surface area contributed by atoms with Gasteiger partial charge in [0, 0.05) is 15.4 Å². The SMILES string of the molecule is COc1ccc(Br)c(C(F)(F)F)c1CBr. The van der Waals surface area contributed by atoms with E-state index >= 15 is 0 Å². The fourth-order valence-electron chi connectivity index (χ4n) is 1.23. The molecule has 0 fully saturated rings. The molecule has 0 amide bonds. The molecule has 1 aromatic rings. The minimum absolute atomic E-state index is 0.0188. The number of hydrogen-bond donors (Lipinski definition) is 0. The number of hydrogen-bond acceptors (Lipinski definition) is 1. The zero-order chi connectivity index (χ0) is 11.6. The highest BCUT2D eigenvalue weighted by atomic mass is 79.9. The molecular weight excluding hydrogens is 341 g/mol. The van der Waals surface area contributed by atoms with E-state index in [-0.39, 0.29) is 21.1 Å². The van der Waals surface area contributed by atoms with Gasteiger partial charge in [-0.2, -0.15) is 13.2 Å². The van der Waals surface area contributed by atoms with Crippen molar-refractivity contribution in [2.24, 2.45) is 0 Å². The minimum Gasteiger partial charge on any atom is -0.496 e. The first-order valence-electron chi connectivity index (χ1n) is 3.90. The van der Waals surface area contributed by atoms with E-state index in [9.17, 15) is 13.2 Å². The van der Waals surface area contributed by atoms with Gasteiger partial charge >= 0.3 is 6.18 Å². The third-order valence-corrected chi connectivity index (χ3v) is 3.08. The van der Waals surface area contributed by atoms with Gasteiger partial charge in [0.1, 0.15) is 5.75 Å². The topological polar surface area (TPSA) is 9.23 Å². The van der Waals surface area contributed by atoms with Crippen LogP contribution in [0.4, 0.5) is 13.2 Å². The molecule has 1 rings (SSSR count). The van der Waals surface area contributed by atoms with Gasteiger partial charge in [-0.3, -0.25) is 0 Å². The molecule has 0 heterocycles. The Bertz CT molecular complexity index is 363. The van der Waals surface area contributed by atoms with Crippen LogP contribution in [0.25, 0.3) is 0 Å². The number of ether oxygens (including phenoxy) is 1. The van der Waals surface area contributed by atoms with Gasteiger partial charge in [0.15, 0.2) is 0 Å². The molecule has 0 aliphatic heterocycles. The number of rotatable bonds is 2. The Labute approximate surface area is 102 Å². The van der Waals surface area contributed by atoms with E-state index in [1.54, 1.807) is 0 Å². The van der Waals surface area contributed by atoms with Gasteiger partial charge < -0.3 is 4.74 Å². The molecule has 1 nitrogen and oxygen atoms in total. The van der Waals surface area contributed by atoms with Crippen LogP contribution in [0.1, 0.15) is 11.1 Å². The molecule has 0 aliphatic rings. The summed E-state index contributed by atoms with van der Waals surface area (Å²) in [6.45, 7) is 0. The van der Waals surface area contributed by atoms with E-state index in [1.807, 2.05) is 0 Å². The van der Waals surface area contributed by atoms with Crippen LogP contribution in [0.5, 0.6) is 5.75 Å². The average Bonchev–Trinajstić information content (AvgIpc) is 2.15. The van der Waals surface area contributed by atoms with E-state index < -0.39 is 11.7 Å². The van der Waals surface area contributed by atoms with Gasteiger partial charge in [0.05, 0.1) is 12.7 Å². The monoisotopic (exact) mass is 346 g/mol. The molecule has 0 N–H and O–H groups in total. The van der Waals surface area contributed by atoms with E-state index in [1.165, 1.54) is 19.2 Å². The van der Waals surface area contributed by atoms with Gasteiger partial charge in [-0.05, 0) is 12.1 Å². The maximum atomic E-state index is 12.7. The number of alkyl halides is 4. The number of methoxy groups -OCH3 is 1. The Morgan fingerprint density at radius 1 is 1.33 bits per heavy atom. The highest BCUT2D eigenvalue weighted by Crippen LogP contribution is 2.41. The molecule has 0 atom stereocenters. The zero-order valence-corrected chi connectivity index (χ0v) is 10.8. The summed E-state index contributed by atoms with van der Waals surface area (Å²) in [6.07, 6.45) is -4.39. The molecule has 0 saturated heterocycles. The molecule has 1 aromatic carbocycles. The van der Waals surface area contributed by atoms with Crippen molar-refractivity contribution < 1.29 is 17.9 Å². The Morgan fingerprint density at radius 3 is 2.33 bits per heavy atom. The normalized spacial score (nSPS) is 11.6. The molecule has 0 aromatic heterocycles. The summed E-state index contributed by atoms with van der Waals surface area (Å²) in [5.41, 5.74) is -0.599. The van der Waals surface area contributed by atoms with Crippen molar-refractivity contribution in [2.75, 3.05) is 7.11 Å². The lowest BCUT2D eigenvalue weighted by molar-refractivity contribution is -0.138. The van der Waals surface area contributed by atoms with Crippen molar-refractivity contribution in [2.45, 2.75) is 11.5 Å². The third-order valence-electron chi connectivity index (χ3n) is 1.86. The van der Waals surface area contributed by atoms with E-state index in [0.29, 0.717) is 0 Å². The number of halogens is 5. The Kier molecular flexibility index (Phi) is 4.06. The fourth-order valence-corrected chi connectivity index (χ4v) is 2.38. The molecule has 0 saturated carbocycles. The third kappa shape index (κ3) is 2.66. The van der Waals surface area contributed by atoms with Crippen LogP contribution < -0.4 is 4.74 Å². The Morgan fingerprint density at radius 2 is 1.93 bits per heavy atom.